The molecule has 3 amide bonds. The molecule has 7 N–H and O–H groups in total. The molecular formula is C23H30N6O6S. The Bertz CT molecular complexity index is 1060. The molecule has 1 aliphatic heterocycles. The Morgan fingerprint density at radius 3 is 2.44 bits per heavy atom. The smallest absolute Gasteiger partial charge is 0.326 e. The van der Waals surface area contributed by atoms with Gasteiger partial charge in [-0.25, -0.2) is 9.78 Å². The molecule has 4 atom stereocenters. The van der Waals surface area contributed by atoms with Crippen LogP contribution in [0.15, 0.2) is 36.8 Å². The lowest BCUT2D eigenvalue weighted by Crippen LogP contribution is -2.58. The Balaban J connectivity index is 1.69. The summed E-state index contributed by atoms with van der Waals surface area (Å²) in [6, 6.07) is 2.16. The fourth-order valence-corrected chi connectivity index (χ4v) is 4.28. The maximum Gasteiger partial charge on any atom is 0.326 e. The molecule has 1 saturated heterocycles. The van der Waals surface area contributed by atoms with Crippen LogP contribution >= 0.6 is 12.6 Å². The molecule has 0 bridgehead atoms. The number of aromatic hydroxyl groups is 1. The van der Waals surface area contributed by atoms with E-state index in [2.05, 4.69) is 33.2 Å². The molecular weight excluding hydrogens is 488 g/mol. The number of imidazole rings is 1. The number of thiol groups is 1. The van der Waals surface area contributed by atoms with Gasteiger partial charge in [0.1, 0.15) is 23.9 Å². The zero-order valence-electron chi connectivity index (χ0n) is 19.5. The number of aromatic amines is 1. The number of nitrogens with zero attached hydrogens (tertiary/aromatic N) is 2. The number of carboxylic acid groups (broad SMARTS) is 1. The topological polar surface area (TPSA) is 191 Å². The van der Waals surface area contributed by atoms with E-state index in [0.717, 1.165) is 5.56 Å². The summed E-state index contributed by atoms with van der Waals surface area (Å²) in [6.07, 6.45) is 4.05. The number of aliphatic carboxylic acids is 1. The number of benzene rings is 1. The molecule has 194 valence electrons. The quantitative estimate of drug-likeness (QED) is 0.188. The summed E-state index contributed by atoms with van der Waals surface area (Å²) in [7, 11) is 0. The number of H-pyrrole nitrogens is 1. The van der Waals surface area contributed by atoms with Gasteiger partial charge in [-0.15, -0.1) is 0 Å². The molecule has 13 heteroatoms. The van der Waals surface area contributed by atoms with Crippen LogP contribution < -0.4 is 16.4 Å². The first-order valence-corrected chi connectivity index (χ1v) is 12.1. The lowest BCUT2D eigenvalue weighted by Gasteiger charge is -2.28. The highest BCUT2D eigenvalue weighted by atomic mass is 32.1. The van der Waals surface area contributed by atoms with Gasteiger partial charge in [-0.3, -0.25) is 14.4 Å². The van der Waals surface area contributed by atoms with Crippen LogP contribution in [0.3, 0.4) is 0 Å². The summed E-state index contributed by atoms with van der Waals surface area (Å²) in [5.74, 6) is -2.84. The number of carboxylic acids is 1. The molecule has 0 spiro atoms. The Labute approximate surface area is 213 Å². The second kappa shape index (κ2) is 12.4. The van der Waals surface area contributed by atoms with Gasteiger partial charge in [-0.2, -0.15) is 12.6 Å². The minimum Gasteiger partial charge on any atom is -0.508 e. The average molecular weight is 519 g/mol. The van der Waals surface area contributed by atoms with Gasteiger partial charge in [-0.1, -0.05) is 12.1 Å². The molecule has 1 aliphatic rings. The first-order chi connectivity index (χ1) is 17.2. The third kappa shape index (κ3) is 6.98. The van der Waals surface area contributed by atoms with Gasteiger partial charge in [0.15, 0.2) is 0 Å². The predicted octanol–water partition coefficient (Wildman–Crippen LogP) is -0.797. The van der Waals surface area contributed by atoms with E-state index < -0.39 is 47.9 Å². The molecule has 0 aliphatic carbocycles. The van der Waals surface area contributed by atoms with E-state index in [0.29, 0.717) is 18.5 Å². The van der Waals surface area contributed by atoms with Crippen LogP contribution in [0.5, 0.6) is 5.75 Å². The molecule has 1 fully saturated rings. The Kier molecular flexibility index (Phi) is 9.31. The zero-order chi connectivity index (χ0) is 26.2. The van der Waals surface area contributed by atoms with Crippen molar-refractivity contribution in [2.24, 2.45) is 5.73 Å². The van der Waals surface area contributed by atoms with Crippen molar-refractivity contribution < 1.29 is 29.4 Å². The average Bonchev–Trinajstić information content (AvgIpc) is 3.55. The SMILES string of the molecule is NC(Cc1ccc(O)cc1)C(=O)NC(Cc1cnc[nH]1)C(=O)NC(CS)C(=O)N1CCCC1C(=O)O. The number of rotatable bonds is 11. The molecule has 36 heavy (non-hydrogen) atoms. The third-order valence-corrected chi connectivity index (χ3v) is 6.32. The van der Waals surface area contributed by atoms with E-state index in [1.54, 1.807) is 12.1 Å². The summed E-state index contributed by atoms with van der Waals surface area (Å²) in [5.41, 5.74) is 7.35. The van der Waals surface area contributed by atoms with E-state index in [4.69, 9.17) is 5.73 Å². The van der Waals surface area contributed by atoms with Gasteiger partial charge in [0, 0.05) is 30.6 Å². The molecule has 2 heterocycles. The molecule has 1 aromatic heterocycles. The number of nitrogens with one attached hydrogen (secondary N) is 3. The number of likely N-dealkylation sites (tertiary alicyclic amines) is 1. The van der Waals surface area contributed by atoms with Gasteiger partial charge < -0.3 is 36.5 Å². The van der Waals surface area contributed by atoms with Crippen molar-refractivity contribution in [2.75, 3.05) is 12.3 Å². The van der Waals surface area contributed by atoms with Gasteiger partial charge in [0.25, 0.3) is 0 Å². The summed E-state index contributed by atoms with van der Waals surface area (Å²) in [5, 5.41) is 24.0. The maximum atomic E-state index is 13.2. The van der Waals surface area contributed by atoms with Gasteiger partial charge >= 0.3 is 5.97 Å². The number of aromatic nitrogens is 2. The number of carbonyl (C=O) groups is 4. The van der Waals surface area contributed by atoms with Crippen molar-refractivity contribution in [2.45, 2.75) is 49.9 Å². The van der Waals surface area contributed by atoms with E-state index in [-0.39, 0.29) is 30.9 Å². The van der Waals surface area contributed by atoms with Crippen LogP contribution in [0.25, 0.3) is 0 Å². The van der Waals surface area contributed by atoms with Crippen molar-refractivity contribution in [1.82, 2.24) is 25.5 Å². The highest BCUT2D eigenvalue weighted by Gasteiger charge is 2.38. The highest BCUT2D eigenvalue weighted by molar-refractivity contribution is 7.80. The number of amides is 3. The Hall–Kier alpha value is -3.58. The second-order valence-corrected chi connectivity index (χ2v) is 8.96. The summed E-state index contributed by atoms with van der Waals surface area (Å²) in [4.78, 5) is 58.5. The van der Waals surface area contributed by atoms with Crippen molar-refractivity contribution in [1.29, 1.82) is 0 Å². The first kappa shape index (κ1) is 27.0. The summed E-state index contributed by atoms with van der Waals surface area (Å²) >= 11 is 4.18. The lowest BCUT2D eigenvalue weighted by atomic mass is 10.0. The largest absolute Gasteiger partial charge is 0.508 e. The second-order valence-electron chi connectivity index (χ2n) is 8.59. The van der Waals surface area contributed by atoms with Crippen molar-refractivity contribution in [3.63, 3.8) is 0 Å². The van der Waals surface area contributed by atoms with E-state index >= 15 is 0 Å². The van der Waals surface area contributed by atoms with Crippen molar-refractivity contribution in [3.05, 3.63) is 48.0 Å². The number of nitrogens with two attached hydrogens (primary N) is 1. The van der Waals surface area contributed by atoms with Crippen molar-refractivity contribution in [3.8, 4) is 5.75 Å². The van der Waals surface area contributed by atoms with Crippen LogP contribution in [0, 0.1) is 0 Å². The van der Waals surface area contributed by atoms with Crippen LogP contribution in [0.2, 0.25) is 0 Å². The molecule has 12 nitrogen and oxygen atoms in total. The number of hydrogen-bond acceptors (Lipinski definition) is 8. The molecule has 1 aromatic carbocycles. The van der Waals surface area contributed by atoms with E-state index in [9.17, 15) is 29.4 Å². The van der Waals surface area contributed by atoms with E-state index in [1.165, 1.54) is 29.6 Å². The molecule has 3 rings (SSSR count). The fourth-order valence-electron chi connectivity index (χ4n) is 4.03. The van der Waals surface area contributed by atoms with Gasteiger partial charge in [0.2, 0.25) is 17.7 Å². The normalized spacial score (nSPS) is 17.7. The van der Waals surface area contributed by atoms with Crippen LogP contribution in [0.1, 0.15) is 24.1 Å². The van der Waals surface area contributed by atoms with Gasteiger partial charge in [0.05, 0.1) is 12.4 Å². The van der Waals surface area contributed by atoms with Crippen LogP contribution in [0.4, 0.5) is 0 Å². The minimum absolute atomic E-state index is 0.0540. The Morgan fingerprint density at radius 1 is 1.14 bits per heavy atom. The summed E-state index contributed by atoms with van der Waals surface area (Å²) < 4.78 is 0. The first-order valence-electron chi connectivity index (χ1n) is 11.4. The molecule has 2 aromatic rings. The molecule has 4 unspecified atom stereocenters. The fraction of sp³-hybridized carbons (Fsp3) is 0.435. The number of phenols is 1. The van der Waals surface area contributed by atoms with Crippen LogP contribution in [-0.4, -0.2) is 85.2 Å². The zero-order valence-corrected chi connectivity index (χ0v) is 20.4. The van der Waals surface area contributed by atoms with Gasteiger partial charge in [-0.05, 0) is 37.0 Å². The maximum absolute atomic E-state index is 13.2. The molecule has 0 saturated carbocycles. The summed E-state index contributed by atoms with van der Waals surface area (Å²) in [6.45, 7) is 0.274. The van der Waals surface area contributed by atoms with Crippen LogP contribution in [-0.2, 0) is 32.0 Å². The van der Waals surface area contributed by atoms with E-state index in [1.807, 2.05) is 0 Å². The monoisotopic (exact) mass is 518 g/mol. The Morgan fingerprint density at radius 2 is 1.83 bits per heavy atom. The molecule has 0 radical (unpaired) electrons. The predicted molar refractivity (Wildman–Crippen MR) is 132 cm³/mol. The minimum atomic E-state index is -1.10. The lowest BCUT2D eigenvalue weighted by molar-refractivity contribution is -0.149. The number of phenolic OH excluding ortho intramolecular Hbond substituents is 1. The standard InChI is InChI=1S/C23H30N6O6S/c24-16(8-13-3-5-15(30)6-4-13)20(31)27-17(9-14-10-25-12-26-14)21(32)28-18(11-36)22(33)29-7-1-2-19(29)23(34)35/h3-6,10,12,16-19,30,36H,1-2,7-9,11,24H2,(H,25,26)(H,27,31)(H,28,32)(H,34,35). The number of carbonyl (C=O) groups excluding carboxylic acids is 3. The highest BCUT2D eigenvalue weighted by Crippen LogP contribution is 2.19. The third-order valence-electron chi connectivity index (χ3n) is 5.96. The van der Waals surface area contributed by atoms with Crippen molar-refractivity contribution >= 4 is 36.3 Å². The number of hydrogen-bond donors (Lipinski definition) is 7.